The zero-order valence-corrected chi connectivity index (χ0v) is 10.1. The van der Waals surface area contributed by atoms with Gasteiger partial charge in [0, 0.05) is 0 Å². The molecule has 2 nitrogen and oxygen atoms in total. The summed E-state index contributed by atoms with van der Waals surface area (Å²) in [5, 5.41) is 9.57. The van der Waals surface area contributed by atoms with Crippen LogP contribution in [0.15, 0.2) is 12.1 Å². The molecule has 72 valence electrons. The first-order valence-corrected chi connectivity index (χ1v) is 5.20. The maximum atomic E-state index is 9.57. The highest BCUT2D eigenvalue weighted by molar-refractivity contribution is 14.1. The Balaban J connectivity index is 3.22. The van der Waals surface area contributed by atoms with Gasteiger partial charge in [-0.05, 0) is 46.2 Å². The Bertz CT molecular complexity index is 308. The van der Waals surface area contributed by atoms with E-state index in [9.17, 15) is 5.11 Å². The van der Waals surface area contributed by atoms with Crippen molar-refractivity contribution in [2.24, 2.45) is 0 Å². The van der Waals surface area contributed by atoms with E-state index in [-0.39, 0.29) is 5.75 Å². The van der Waals surface area contributed by atoms with Gasteiger partial charge in [-0.1, -0.05) is 13.8 Å². The molecule has 13 heavy (non-hydrogen) atoms. The maximum Gasteiger partial charge on any atom is 0.171 e. The molecule has 0 aliphatic carbocycles. The van der Waals surface area contributed by atoms with E-state index in [1.165, 1.54) is 5.56 Å². The molecular weight excluding hydrogens is 279 g/mol. The molecular formula is C10H13IO2. The second-order valence-corrected chi connectivity index (χ2v) is 4.37. The van der Waals surface area contributed by atoms with E-state index < -0.39 is 0 Å². The summed E-state index contributed by atoms with van der Waals surface area (Å²) >= 11 is 2.10. The van der Waals surface area contributed by atoms with E-state index >= 15 is 0 Å². The van der Waals surface area contributed by atoms with Gasteiger partial charge in [0.15, 0.2) is 11.5 Å². The number of halogens is 1. The zero-order valence-electron chi connectivity index (χ0n) is 7.97. The van der Waals surface area contributed by atoms with E-state index in [2.05, 4.69) is 36.4 Å². The van der Waals surface area contributed by atoms with Crippen molar-refractivity contribution in [3.8, 4) is 11.5 Å². The summed E-state index contributed by atoms with van der Waals surface area (Å²) in [6.07, 6.45) is 0. The minimum Gasteiger partial charge on any atom is -0.504 e. The predicted octanol–water partition coefficient (Wildman–Crippen LogP) is 3.13. The van der Waals surface area contributed by atoms with Crippen molar-refractivity contribution >= 4 is 22.6 Å². The van der Waals surface area contributed by atoms with Crippen LogP contribution in [0.25, 0.3) is 0 Å². The lowest BCUT2D eigenvalue weighted by molar-refractivity contribution is 0.371. The smallest absolute Gasteiger partial charge is 0.171 e. The maximum absolute atomic E-state index is 9.57. The minimum atomic E-state index is 0.229. The highest BCUT2D eigenvalue weighted by atomic mass is 127. The Kier molecular flexibility index (Phi) is 3.41. The van der Waals surface area contributed by atoms with Crippen LogP contribution in [-0.2, 0) is 0 Å². The fourth-order valence-electron chi connectivity index (χ4n) is 1.08. The van der Waals surface area contributed by atoms with Gasteiger partial charge >= 0.3 is 0 Å². The molecule has 0 aliphatic rings. The first-order valence-electron chi connectivity index (χ1n) is 4.12. The van der Waals surface area contributed by atoms with Crippen molar-refractivity contribution in [2.75, 3.05) is 7.11 Å². The molecule has 1 rings (SSSR count). The number of benzene rings is 1. The van der Waals surface area contributed by atoms with E-state index in [0.717, 1.165) is 3.57 Å². The summed E-state index contributed by atoms with van der Waals surface area (Å²) in [5.41, 5.74) is 1.18. The van der Waals surface area contributed by atoms with Gasteiger partial charge in [-0.2, -0.15) is 0 Å². The third kappa shape index (κ3) is 2.27. The topological polar surface area (TPSA) is 29.5 Å². The van der Waals surface area contributed by atoms with Crippen LogP contribution in [-0.4, -0.2) is 12.2 Å². The molecule has 0 unspecified atom stereocenters. The van der Waals surface area contributed by atoms with Crippen molar-refractivity contribution in [2.45, 2.75) is 19.8 Å². The zero-order chi connectivity index (χ0) is 10.0. The van der Waals surface area contributed by atoms with E-state index in [1.807, 2.05) is 12.1 Å². The van der Waals surface area contributed by atoms with Gasteiger partial charge in [-0.3, -0.25) is 0 Å². The van der Waals surface area contributed by atoms with Gasteiger partial charge in [0.05, 0.1) is 10.7 Å². The third-order valence-corrected chi connectivity index (χ3v) is 2.76. The molecule has 0 spiro atoms. The molecule has 0 heterocycles. The second kappa shape index (κ2) is 4.17. The summed E-state index contributed by atoms with van der Waals surface area (Å²) in [5.74, 6) is 1.23. The van der Waals surface area contributed by atoms with Crippen LogP contribution in [0.2, 0.25) is 0 Å². The SMILES string of the molecule is COc1cc(C(C)C)cc(I)c1O. The van der Waals surface area contributed by atoms with Crippen LogP contribution >= 0.6 is 22.6 Å². The highest BCUT2D eigenvalue weighted by Crippen LogP contribution is 2.34. The molecule has 1 N–H and O–H groups in total. The van der Waals surface area contributed by atoms with E-state index in [4.69, 9.17) is 4.74 Å². The summed E-state index contributed by atoms with van der Waals surface area (Å²) in [7, 11) is 1.56. The molecule has 0 amide bonds. The molecule has 1 aromatic carbocycles. The van der Waals surface area contributed by atoms with Crippen LogP contribution in [0, 0.1) is 3.57 Å². The summed E-state index contributed by atoms with van der Waals surface area (Å²) in [6.45, 7) is 4.23. The largest absolute Gasteiger partial charge is 0.504 e. The fraction of sp³-hybridized carbons (Fsp3) is 0.400. The second-order valence-electron chi connectivity index (χ2n) is 3.21. The van der Waals surface area contributed by atoms with Crippen LogP contribution in [0.1, 0.15) is 25.3 Å². The van der Waals surface area contributed by atoms with Gasteiger partial charge in [0.2, 0.25) is 0 Å². The fourth-order valence-corrected chi connectivity index (χ4v) is 1.71. The molecule has 0 saturated heterocycles. The van der Waals surface area contributed by atoms with Crippen molar-refractivity contribution in [1.29, 1.82) is 0 Å². The third-order valence-electron chi connectivity index (χ3n) is 1.94. The Morgan fingerprint density at radius 1 is 1.38 bits per heavy atom. The average molecular weight is 292 g/mol. The molecule has 0 radical (unpaired) electrons. The quantitative estimate of drug-likeness (QED) is 0.849. The standard InChI is InChI=1S/C10H13IO2/c1-6(2)7-4-8(11)10(12)9(5-7)13-3/h4-6,12H,1-3H3. The molecule has 0 saturated carbocycles. The van der Waals surface area contributed by atoms with Crippen molar-refractivity contribution in [3.05, 3.63) is 21.3 Å². The molecule has 0 aliphatic heterocycles. The summed E-state index contributed by atoms with van der Waals surface area (Å²) < 4.78 is 5.90. The summed E-state index contributed by atoms with van der Waals surface area (Å²) in [4.78, 5) is 0. The number of ether oxygens (including phenoxy) is 1. The van der Waals surface area contributed by atoms with Gasteiger partial charge in [-0.25, -0.2) is 0 Å². The normalized spacial score (nSPS) is 10.5. The van der Waals surface area contributed by atoms with Crippen LogP contribution in [0.4, 0.5) is 0 Å². The van der Waals surface area contributed by atoms with E-state index in [1.54, 1.807) is 7.11 Å². The predicted molar refractivity (Wildman–Crippen MR) is 61.5 cm³/mol. The lowest BCUT2D eigenvalue weighted by Gasteiger charge is -2.10. The van der Waals surface area contributed by atoms with Crippen LogP contribution < -0.4 is 4.74 Å². The number of phenols is 1. The first-order chi connectivity index (χ1) is 6.06. The van der Waals surface area contributed by atoms with Crippen molar-refractivity contribution < 1.29 is 9.84 Å². The van der Waals surface area contributed by atoms with Gasteiger partial charge in [-0.15, -0.1) is 0 Å². The van der Waals surface area contributed by atoms with Crippen molar-refractivity contribution in [1.82, 2.24) is 0 Å². The number of hydrogen-bond acceptors (Lipinski definition) is 2. The van der Waals surface area contributed by atoms with Gasteiger partial charge in [0.25, 0.3) is 0 Å². The minimum absolute atomic E-state index is 0.229. The molecule has 3 heteroatoms. The Morgan fingerprint density at radius 3 is 2.46 bits per heavy atom. The van der Waals surface area contributed by atoms with Gasteiger partial charge < -0.3 is 9.84 Å². The number of rotatable bonds is 2. The number of aromatic hydroxyl groups is 1. The monoisotopic (exact) mass is 292 g/mol. The van der Waals surface area contributed by atoms with E-state index in [0.29, 0.717) is 11.7 Å². The molecule has 0 aromatic heterocycles. The Morgan fingerprint density at radius 2 is 2.00 bits per heavy atom. The number of hydrogen-bond donors (Lipinski definition) is 1. The molecule has 0 fully saturated rings. The Labute approximate surface area is 92.1 Å². The number of phenolic OH excluding ortho intramolecular Hbond substituents is 1. The lowest BCUT2D eigenvalue weighted by Crippen LogP contribution is -1.92. The number of methoxy groups -OCH3 is 1. The van der Waals surface area contributed by atoms with Gasteiger partial charge in [0.1, 0.15) is 0 Å². The molecule has 0 bridgehead atoms. The summed E-state index contributed by atoms with van der Waals surface area (Å²) in [6, 6.07) is 3.85. The molecule has 0 atom stereocenters. The average Bonchev–Trinajstić information content (AvgIpc) is 2.09. The van der Waals surface area contributed by atoms with Crippen LogP contribution in [0.3, 0.4) is 0 Å². The highest BCUT2D eigenvalue weighted by Gasteiger charge is 2.09. The lowest BCUT2D eigenvalue weighted by atomic mass is 10.0. The first kappa shape index (κ1) is 10.6. The van der Waals surface area contributed by atoms with Crippen molar-refractivity contribution in [3.63, 3.8) is 0 Å². The Hall–Kier alpha value is -0.450. The van der Waals surface area contributed by atoms with Crippen LogP contribution in [0.5, 0.6) is 11.5 Å². The molecule has 1 aromatic rings.